The number of aliphatic carboxylic acids is 1. The maximum atomic E-state index is 11.9. The molecule has 0 radical (unpaired) electrons. The van der Waals surface area contributed by atoms with E-state index in [1.165, 1.54) is 12.2 Å². The Hall–Kier alpha value is -2.37. The van der Waals surface area contributed by atoms with Gasteiger partial charge in [0.05, 0.1) is 11.3 Å². The number of ether oxygens (including phenoxy) is 1. The zero-order valence-corrected chi connectivity index (χ0v) is 18.4. The molecule has 1 atom stereocenters. The molecule has 0 spiro atoms. The van der Waals surface area contributed by atoms with Crippen LogP contribution in [0.25, 0.3) is 0 Å². The molecule has 1 aliphatic rings. The lowest BCUT2D eigenvalue weighted by molar-refractivity contribution is -0.155. The highest BCUT2D eigenvalue weighted by molar-refractivity contribution is 6.14. The van der Waals surface area contributed by atoms with Gasteiger partial charge < -0.3 is 20.6 Å². The maximum Gasteiger partial charge on any atom is 0.335 e. The van der Waals surface area contributed by atoms with Crippen LogP contribution in [0, 0.1) is 11.3 Å². The normalized spacial score (nSPS) is 16.9. The Bertz CT molecular complexity index is 696. The van der Waals surface area contributed by atoms with Crippen LogP contribution in [0.2, 0.25) is 0 Å². The Labute approximate surface area is 174 Å². The highest BCUT2D eigenvalue weighted by Gasteiger charge is 2.21. The van der Waals surface area contributed by atoms with Crippen LogP contribution in [0.3, 0.4) is 0 Å². The molecule has 0 aliphatic heterocycles. The fraction of sp³-hybridized carbons (Fsp3) is 0.609. The van der Waals surface area contributed by atoms with E-state index in [-0.39, 0.29) is 11.5 Å². The van der Waals surface area contributed by atoms with E-state index in [2.05, 4.69) is 12.2 Å². The van der Waals surface area contributed by atoms with Gasteiger partial charge in [-0.1, -0.05) is 20.3 Å². The molecule has 29 heavy (non-hydrogen) atoms. The zero-order valence-electron chi connectivity index (χ0n) is 18.4. The smallest absolute Gasteiger partial charge is 0.335 e. The third-order valence-corrected chi connectivity index (χ3v) is 4.70. The fourth-order valence-electron chi connectivity index (χ4n) is 3.42. The molecule has 0 heterocycles. The van der Waals surface area contributed by atoms with E-state index in [0.717, 1.165) is 32.2 Å². The minimum atomic E-state index is -0.970. The number of hydrogen-bond donors (Lipinski definition) is 3. The van der Waals surface area contributed by atoms with Gasteiger partial charge in [-0.05, 0) is 70.1 Å². The number of rotatable bonds is 11. The minimum absolute atomic E-state index is 0.163. The van der Waals surface area contributed by atoms with Crippen LogP contribution < -0.4 is 5.32 Å². The van der Waals surface area contributed by atoms with E-state index in [4.69, 9.17) is 10.1 Å². The van der Waals surface area contributed by atoms with Gasteiger partial charge in [-0.25, -0.2) is 4.79 Å². The number of nitrogens with one attached hydrogen (secondary N) is 2. The first kappa shape index (κ1) is 24.7. The van der Waals surface area contributed by atoms with E-state index >= 15 is 0 Å². The maximum absolute atomic E-state index is 11.9. The van der Waals surface area contributed by atoms with Crippen molar-refractivity contribution in [2.75, 3.05) is 6.54 Å². The zero-order chi connectivity index (χ0) is 22.0. The van der Waals surface area contributed by atoms with Crippen LogP contribution in [0.4, 0.5) is 0 Å². The molecule has 1 rings (SSSR count). The van der Waals surface area contributed by atoms with Gasteiger partial charge in [0.2, 0.25) is 0 Å². The lowest BCUT2D eigenvalue weighted by Crippen LogP contribution is -2.24. The van der Waals surface area contributed by atoms with Gasteiger partial charge in [0, 0.05) is 24.7 Å². The molecule has 6 nitrogen and oxygen atoms in total. The third-order valence-electron chi connectivity index (χ3n) is 4.70. The first-order valence-corrected chi connectivity index (χ1v) is 10.5. The standard InChI is InChI=1S/C23H36N2O4/c1-6-9-16(10-8-11-21(26)29-23(3,4)5)14-25-15-19-17(7-2)18(22(27)28)12-13-20(19)24/h12-13,15-16,24-25H,6-11,14H2,1-5H3,(H,27,28)/b19-15-,24-20?. The van der Waals surface area contributed by atoms with Crippen molar-refractivity contribution in [3.63, 3.8) is 0 Å². The van der Waals surface area contributed by atoms with Gasteiger partial charge in [0.15, 0.2) is 0 Å². The van der Waals surface area contributed by atoms with Gasteiger partial charge in [-0.2, -0.15) is 0 Å². The average Bonchev–Trinajstić information content (AvgIpc) is 2.60. The van der Waals surface area contributed by atoms with Gasteiger partial charge in [0.1, 0.15) is 5.60 Å². The summed E-state index contributed by atoms with van der Waals surface area (Å²) in [6.45, 7) is 10.4. The Kier molecular flexibility index (Phi) is 9.86. The molecule has 0 saturated carbocycles. The summed E-state index contributed by atoms with van der Waals surface area (Å²) in [7, 11) is 0. The molecular weight excluding hydrogens is 368 g/mol. The highest BCUT2D eigenvalue weighted by Crippen LogP contribution is 2.25. The first-order chi connectivity index (χ1) is 13.6. The molecular formula is C23H36N2O4. The predicted molar refractivity (Wildman–Crippen MR) is 116 cm³/mol. The predicted octanol–water partition coefficient (Wildman–Crippen LogP) is 4.77. The van der Waals surface area contributed by atoms with Crippen molar-refractivity contribution >= 4 is 17.7 Å². The largest absolute Gasteiger partial charge is 0.478 e. The van der Waals surface area contributed by atoms with E-state index in [1.54, 1.807) is 6.20 Å². The van der Waals surface area contributed by atoms with Crippen molar-refractivity contribution in [2.45, 2.75) is 78.7 Å². The number of carbonyl (C=O) groups excluding carboxylic acids is 1. The lowest BCUT2D eigenvalue weighted by atomic mass is 9.89. The van der Waals surface area contributed by atoms with E-state index in [1.807, 2.05) is 27.7 Å². The molecule has 0 aromatic rings. The second-order valence-corrected chi connectivity index (χ2v) is 8.40. The topological polar surface area (TPSA) is 99.5 Å². The summed E-state index contributed by atoms with van der Waals surface area (Å²) in [5.41, 5.74) is 1.42. The van der Waals surface area contributed by atoms with Crippen molar-refractivity contribution in [1.82, 2.24) is 5.32 Å². The number of allylic oxidation sites excluding steroid dienone is 3. The van der Waals surface area contributed by atoms with Gasteiger partial charge in [-0.3, -0.25) is 4.79 Å². The molecule has 0 amide bonds. The molecule has 1 unspecified atom stereocenters. The van der Waals surface area contributed by atoms with Crippen LogP contribution in [0.15, 0.2) is 35.1 Å². The van der Waals surface area contributed by atoms with Crippen LogP contribution in [-0.2, 0) is 14.3 Å². The van der Waals surface area contributed by atoms with Crippen molar-refractivity contribution in [3.8, 4) is 0 Å². The Balaban J connectivity index is 2.67. The van der Waals surface area contributed by atoms with Gasteiger partial charge >= 0.3 is 11.9 Å². The first-order valence-electron chi connectivity index (χ1n) is 10.5. The van der Waals surface area contributed by atoms with E-state index < -0.39 is 11.6 Å². The fourth-order valence-corrected chi connectivity index (χ4v) is 3.42. The van der Waals surface area contributed by atoms with Crippen LogP contribution >= 0.6 is 0 Å². The van der Waals surface area contributed by atoms with Crippen molar-refractivity contribution in [3.05, 3.63) is 35.1 Å². The van der Waals surface area contributed by atoms with Crippen LogP contribution in [0.1, 0.15) is 73.1 Å². The summed E-state index contributed by atoms with van der Waals surface area (Å²) in [5.74, 6) is -0.729. The number of carbonyl (C=O) groups is 2. The summed E-state index contributed by atoms with van der Waals surface area (Å²) in [6.07, 6.45) is 9.55. The second-order valence-electron chi connectivity index (χ2n) is 8.40. The molecule has 0 aromatic heterocycles. The average molecular weight is 405 g/mol. The molecule has 1 aliphatic carbocycles. The monoisotopic (exact) mass is 404 g/mol. The van der Waals surface area contributed by atoms with Crippen molar-refractivity contribution < 1.29 is 19.4 Å². The van der Waals surface area contributed by atoms with Crippen molar-refractivity contribution in [1.29, 1.82) is 5.41 Å². The molecule has 0 bridgehead atoms. The van der Waals surface area contributed by atoms with Gasteiger partial charge in [0.25, 0.3) is 0 Å². The van der Waals surface area contributed by atoms with Crippen LogP contribution in [0.5, 0.6) is 0 Å². The molecule has 6 heteroatoms. The highest BCUT2D eigenvalue weighted by atomic mass is 16.6. The number of carboxylic acids is 1. The molecule has 0 saturated heterocycles. The number of esters is 1. The molecule has 0 aromatic carbocycles. The summed E-state index contributed by atoms with van der Waals surface area (Å²) in [4.78, 5) is 23.3. The summed E-state index contributed by atoms with van der Waals surface area (Å²) in [5, 5.41) is 20.8. The van der Waals surface area contributed by atoms with Gasteiger partial charge in [-0.15, -0.1) is 0 Å². The van der Waals surface area contributed by atoms with Crippen LogP contribution in [-0.4, -0.2) is 34.9 Å². The second kappa shape index (κ2) is 11.6. The SMILES string of the molecule is CCCC(CCCC(=O)OC(C)(C)C)CN/C=C1\C(=N)C=CC(C(=O)O)=C1CC. The van der Waals surface area contributed by atoms with E-state index in [0.29, 0.717) is 35.6 Å². The van der Waals surface area contributed by atoms with Crippen molar-refractivity contribution in [2.24, 2.45) is 5.92 Å². The Morgan fingerprint density at radius 3 is 2.48 bits per heavy atom. The number of carboxylic acid groups (broad SMARTS) is 1. The summed E-state index contributed by atoms with van der Waals surface area (Å²) < 4.78 is 5.36. The molecule has 3 N–H and O–H groups in total. The summed E-state index contributed by atoms with van der Waals surface area (Å²) in [6, 6.07) is 0. The quantitative estimate of drug-likeness (QED) is 0.431. The minimum Gasteiger partial charge on any atom is -0.478 e. The third kappa shape index (κ3) is 8.67. The Morgan fingerprint density at radius 2 is 1.93 bits per heavy atom. The summed E-state index contributed by atoms with van der Waals surface area (Å²) >= 11 is 0. The lowest BCUT2D eigenvalue weighted by Gasteiger charge is -2.21. The number of hydrogen-bond acceptors (Lipinski definition) is 5. The molecule has 162 valence electrons. The molecule has 0 fully saturated rings. The Morgan fingerprint density at radius 1 is 1.24 bits per heavy atom. The van der Waals surface area contributed by atoms with E-state index in [9.17, 15) is 14.7 Å².